The van der Waals surface area contributed by atoms with Crippen LogP contribution in [0.25, 0.3) is 0 Å². The molecule has 1 heterocycles. The third-order valence-electron chi connectivity index (χ3n) is 3.94. The van der Waals surface area contributed by atoms with E-state index in [1.165, 1.54) is 16.7 Å². The van der Waals surface area contributed by atoms with E-state index in [1.54, 1.807) is 0 Å². The fraction of sp³-hybridized carbons (Fsp3) is 0.389. The largest absolute Gasteiger partial charge is 0.388 e. The van der Waals surface area contributed by atoms with E-state index in [0.717, 1.165) is 23.2 Å². The second-order valence-electron chi connectivity index (χ2n) is 5.52. The first-order chi connectivity index (χ1) is 9.51. The lowest BCUT2D eigenvalue weighted by Gasteiger charge is -2.16. The molecular formula is C18H23NO. The minimum Gasteiger partial charge on any atom is -0.388 e. The summed E-state index contributed by atoms with van der Waals surface area (Å²) < 4.78 is 0. The van der Waals surface area contributed by atoms with Gasteiger partial charge in [0.2, 0.25) is 0 Å². The van der Waals surface area contributed by atoms with Gasteiger partial charge < -0.3 is 5.11 Å². The maximum Gasteiger partial charge on any atom is 0.0848 e. The van der Waals surface area contributed by atoms with Gasteiger partial charge in [-0.2, -0.15) is 0 Å². The second kappa shape index (κ2) is 6.19. The van der Waals surface area contributed by atoms with E-state index in [9.17, 15) is 5.11 Å². The molecular weight excluding hydrogens is 246 g/mol. The van der Waals surface area contributed by atoms with Crippen molar-refractivity contribution in [2.75, 3.05) is 0 Å². The van der Waals surface area contributed by atoms with Gasteiger partial charge in [-0.15, -0.1) is 0 Å². The number of aliphatic hydroxyl groups excluding tert-OH is 1. The highest BCUT2D eigenvalue weighted by molar-refractivity contribution is 5.38. The number of benzene rings is 1. The van der Waals surface area contributed by atoms with Gasteiger partial charge in [-0.25, -0.2) is 0 Å². The Morgan fingerprint density at radius 2 is 1.75 bits per heavy atom. The van der Waals surface area contributed by atoms with Crippen molar-refractivity contribution in [2.24, 2.45) is 0 Å². The zero-order chi connectivity index (χ0) is 14.7. The fourth-order valence-corrected chi connectivity index (χ4v) is 2.43. The predicted molar refractivity (Wildman–Crippen MR) is 82.9 cm³/mol. The van der Waals surface area contributed by atoms with Gasteiger partial charge in [0.15, 0.2) is 0 Å². The maximum absolute atomic E-state index is 10.5. The van der Waals surface area contributed by atoms with Crippen LogP contribution in [0.1, 0.15) is 46.5 Å². The molecule has 2 aromatic rings. The number of aliphatic hydroxyl groups is 1. The Morgan fingerprint density at radius 3 is 2.35 bits per heavy atom. The van der Waals surface area contributed by atoms with Gasteiger partial charge in [0.1, 0.15) is 0 Å². The highest BCUT2D eigenvalue weighted by Crippen LogP contribution is 2.24. The first kappa shape index (κ1) is 14.7. The molecule has 1 aromatic carbocycles. The summed E-state index contributed by atoms with van der Waals surface area (Å²) in [5.41, 5.74) is 6.81. The van der Waals surface area contributed by atoms with Crippen LogP contribution in [0.4, 0.5) is 0 Å². The molecule has 0 saturated heterocycles. The second-order valence-corrected chi connectivity index (χ2v) is 5.52. The number of pyridine rings is 1. The number of aromatic nitrogens is 1. The molecule has 1 N–H and O–H groups in total. The number of nitrogens with zero attached hydrogens (tertiary/aromatic N) is 1. The zero-order valence-electron chi connectivity index (χ0n) is 12.8. The number of hydrogen-bond donors (Lipinski definition) is 1. The lowest BCUT2D eigenvalue weighted by atomic mass is 9.95. The molecule has 1 unspecified atom stereocenters. The Kier molecular flexibility index (Phi) is 4.56. The molecule has 0 radical (unpaired) electrons. The summed E-state index contributed by atoms with van der Waals surface area (Å²) >= 11 is 0. The van der Waals surface area contributed by atoms with Gasteiger partial charge in [0.25, 0.3) is 0 Å². The predicted octanol–water partition coefficient (Wildman–Crippen LogP) is 3.85. The third-order valence-corrected chi connectivity index (χ3v) is 3.94. The lowest BCUT2D eigenvalue weighted by Crippen LogP contribution is -2.06. The molecule has 0 aliphatic rings. The summed E-state index contributed by atoms with van der Waals surface area (Å²) in [5, 5.41) is 10.5. The Labute approximate surface area is 121 Å². The van der Waals surface area contributed by atoms with Gasteiger partial charge in [0, 0.05) is 18.3 Å². The molecule has 20 heavy (non-hydrogen) atoms. The average molecular weight is 269 g/mol. The van der Waals surface area contributed by atoms with Crippen molar-refractivity contribution in [3.63, 3.8) is 0 Å². The van der Waals surface area contributed by atoms with Crippen molar-refractivity contribution in [1.82, 2.24) is 4.98 Å². The van der Waals surface area contributed by atoms with E-state index in [2.05, 4.69) is 50.9 Å². The summed E-state index contributed by atoms with van der Waals surface area (Å²) in [6, 6.07) is 8.33. The van der Waals surface area contributed by atoms with Gasteiger partial charge >= 0.3 is 0 Å². The molecule has 2 nitrogen and oxygen atoms in total. The van der Waals surface area contributed by atoms with Crippen molar-refractivity contribution in [2.45, 2.75) is 46.6 Å². The van der Waals surface area contributed by atoms with Crippen molar-refractivity contribution >= 4 is 0 Å². The normalized spacial score (nSPS) is 12.4. The van der Waals surface area contributed by atoms with Crippen LogP contribution in [-0.4, -0.2) is 10.1 Å². The van der Waals surface area contributed by atoms with Crippen molar-refractivity contribution in [3.8, 4) is 0 Å². The third kappa shape index (κ3) is 3.26. The highest BCUT2D eigenvalue weighted by atomic mass is 16.3. The molecule has 0 fully saturated rings. The molecule has 0 spiro atoms. The van der Waals surface area contributed by atoms with Crippen LogP contribution >= 0.6 is 0 Å². The smallest absolute Gasteiger partial charge is 0.0848 e. The Hall–Kier alpha value is -1.67. The molecule has 0 amide bonds. The summed E-state index contributed by atoms with van der Waals surface area (Å²) in [4.78, 5) is 4.42. The van der Waals surface area contributed by atoms with Gasteiger partial charge in [-0.3, -0.25) is 4.98 Å². The van der Waals surface area contributed by atoms with Crippen molar-refractivity contribution in [3.05, 3.63) is 64.0 Å². The molecule has 1 atom stereocenters. The van der Waals surface area contributed by atoms with Gasteiger partial charge in [0.05, 0.1) is 6.10 Å². The average Bonchev–Trinajstić information content (AvgIpc) is 2.43. The fourth-order valence-electron chi connectivity index (χ4n) is 2.43. The van der Waals surface area contributed by atoms with E-state index >= 15 is 0 Å². The Balaban J connectivity index is 2.18. The Morgan fingerprint density at radius 1 is 1.05 bits per heavy atom. The number of rotatable bonds is 4. The minimum atomic E-state index is -0.491. The van der Waals surface area contributed by atoms with E-state index in [4.69, 9.17) is 0 Å². The summed E-state index contributed by atoms with van der Waals surface area (Å²) in [5.74, 6) is 0. The van der Waals surface area contributed by atoms with Crippen molar-refractivity contribution in [1.29, 1.82) is 0 Å². The van der Waals surface area contributed by atoms with Crippen LogP contribution in [0, 0.1) is 20.8 Å². The van der Waals surface area contributed by atoms with E-state index < -0.39 is 6.10 Å². The standard InChI is InChI=1S/C18H23NO/c1-5-15-6-7-16(19-11-15)10-18(20)17-9-13(3)12(2)8-14(17)4/h6-9,11,18,20H,5,10H2,1-4H3. The van der Waals surface area contributed by atoms with Gasteiger partial charge in [-0.05, 0) is 61.1 Å². The van der Waals surface area contributed by atoms with Crippen LogP contribution in [-0.2, 0) is 12.8 Å². The van der Waals surface area contributed by atoms with E-state index in [0.29, 0.717) is 6.42 Å². The first-order valence-electron chi connectivity index (χ1n) is 7.21. The SMILES string of the molecule is CCc1ccc(CC(O)c2cc(C)c(C)cc2C)nc1. The quantitative estimate of drug-likeness (QED) is 0.914. The summed E-state index contributed by atoms with van der Waals surface area (Å²) in [6.45, 7) is 8.35. The summed E-state index contributed by atoms with van der Waals surface area (Å²) in [7, 11) is 0. The number of aryl methyl sites for hydroxylation is 4. The maximum atomic E-state index is 10.5. The molecule has 0 saturated carbocycles. The molecule has 0 bridgehead atoms. The molecule has 2 heteroatoms. The minimum absolute atomic E-state index is 0.491. The molecule has 1 aromatic heterocycles. The summed E-state index contributed by atoms with van der Waals surface area (Å²) in [6.07, 6.45) is 2.96. The Bertz CT molecular complexity index is 587. The van der Waals surface area contributed by atoms with Gasteiger partial charge in [-0.1, -0.05) is 25.1 Å². The zero-order valence-corrected chi connectivity index (χ0v) is 12.8. The van der Waals surface area contributed by atoms with Crippen LogP contribution in [0.5, 0.6) is 0 Å². The van der Waals surface area contributed by atoms with Crippen LogP contribution < -0.4 is 0 Å². The molecule has 2 rings (SSSR count). The monoisotopic (exact) mass is 269 g/mol. The first-order valence-corrected chi connectivity index (χ1v) is 7.21. The van der Waals surface area contributed by atoms with E-state index in [1.807, 2.05) is 12.3 Å². The molecule has 0 aliphatic carbocycles. The lowest BCUT2D eigenvalue weighted by molar-refractivity contribution is 0.176. The molecule has 106 valence electrons. The highest BCUT2D eigenvalue weighted by Gasteiger charge is 2.13. The van der Waals surface area contributed by atoms with E-state index in [-0.39, 0.29) is 0 Å². The number of hydrogen-bond acceptors (Lipinski definition) is 2. The van der Waals surface area contributed by atoms with Crippen LogP contribution in [0.2, 0.25) is 0 Å². The van der Waals surface area contributed by atoms with Crippen molar-refractivity contribution < 1.29 is 5.11 Å². The topological polar surface area (TPSA) is 33.1 Å². The molecule has 0 aliphatic heterocycles. The van der Waals surface area contributed by atoms with Crippen LogP contribution in [0.3, 0.4) is 0 Å². The van der Waals surface area contributed by atoms with Crippen LogP contribution in [0.15, 0.2) is 30.5 Å².